The van der Waals surface area contributed by atoms with Gasteiger partial charge in [0, 0.05) is 18.8 Å². The molecule has 0 spiro atoms. The summed E-state index contributed by atoms with van der Waals surface area (Å²) in [6.45, 7) is 3.87. The number of benzene rings is 1. The SMILES string of the molecule is C(=NN1CCN(c2ccccc2)CC1)c1ccco1. The van der Waals surface area contributed by atoms with Crippen molar-refractivity contribution in [2.75, 3.05) is 31.1 Å². The summed E-state index contributed by atoms with van der Waals surface area (Å²) in [6.07, 6.45) is 3.44. The minimum absolute atomic E-state index is 0.797. The predicted molar refractivity (Wildman–Crippen MR) is 76.5 cm³/mol. The van der Waals surface area contributed by atoms with Crippen LogP contribution in [-0.2, 0) is 0 Å². The first-order valence-electron chi connectivity index (χ1n) is 6.54. The van der Waals surface area contributed by atoms with Crippen molar-refractivity contribution < 1.29 is 4.42 Å². The van der Waals surface area contributed by atoms with Gasteiger partial charge in [-0.15, -0.1) is 0 Å². The molecule has 1 aromatic carbocycles. The van der Waals surface area contributed by atoms with E-state index in [4.69, 9.17) is 4.42 Å². The van der Waals surface area contributed by atoms with Gasteiger partial charge in [0.05, 0.1) is 25.6 Å². The summed E-state index contributed by atoms with van der Waals surface area (Å²) in [5.41, 5.74) is 1.29. The molecule has 0 saturated carbocycles. The molecule has 0 bridgehead atoms. The van der Waals surface area contributed by atoms with Gasteiger partial charge in [0.25, 0.3) is 0 Å². The van der Waals surface area contributed by atoms with E-state index in [1.54, 1.807) is 12.5 Å². The molecule has 1 saturated heterocycles. The number of hydrazone groups is 1. The van der Waals surface area contributed by atoms with Gasteiger partial charge in [0.15, 0.2) is 0 Å². The van der Waals surface area contributed by atoms with Crippen LogP contribution in [0.1, 0.15) is 5.76 Å². The van der Waals surface area contributed by atoms with Gasteiger partial charge in [0.2, 0.25) is 0 Å². The molecule has 1 aromatic heterocycles. The number of furan rings is 1. The zero-order valence-corrected chi connectivity index (χ0v) is 10.8. The molecule has 0 amide bonds. The van der Waals surface area contributed by atoms with Crippen molar-refractivity contribution in [3.05, 3.63) is 54.5 Å². The third-order valence-electron chi connectivity index (χ3n) is 3.27. The average molecular weight is 255 g/mol. The Morgan fingerprint density at radius 3 is 2.42 bits per heavy atom. The van der Waals surface area contributed by atoms with Crippen LogP contribution in [0.2, 0.25) is 0 Å². The van der Waals surface area contributed by atoms with Gasteiger partial charge in [0.1, 0.15) is 5.76 Å². The molecular weight excluding hydrogens is 238 g/mol. The van der Waals surface area contributed by atoms with Crippen LogP contribution in [0.25, 0.3) is 0 Å². The number of piperazine rings is 1. The first-order chi connectivity index (χ1) is 9.42. The van der Waals surface area contributed by atoms with Crippen molar-refractivity contribution in [3.63, 3.8) is 0 Å². The van der Waals surface area contributed by atoms with E-state index in [9.17, 15) is 0 Å². The van der Waals surface area contributed by atoms with Crippen LogP contribution in [-0.4, -0.2) is 37.4 Å². The van der Waals surface area contributed by atoms with E-state index in [0.717, 1.165) is 31.9 Å². The molecule has 0 aliphatic carbocycles. The van der Waals surface area contributed by atoms with Crippen LogP contribution in [0.4, 0.5) is 5.69 Å². The molecule has 1 aliphatic rings. The summed E-state index contributed by atoms with van der Waals surface area (Å²) in [5, 5.41) is 6.53. The number of anilines is 1. The fourth-order valence-electron chi connectivity index (χ4n) is 2.21. The molecule has 3 rings (SSSR count). The van der Waals surface area contributed by atoms with E-state index >= 15 is 0 Å². The van der Waals surface area contributed by atoms with E-state index in [2.05, 4.69) is 39.3 Å². The number of hydrogen-bond acceptors (Lipinski definition) is 4. The lowest BCUT2D eigenvalue weighted by Crippen LogP contribution is -2.44. The Balaban J connectivity index is 1.55. The first kappa shape index (κ1) is 11.8. The van der Waals surface area contributed by atoms with E-state index < -0.39 is 0 Å². The molecule has 19 heavy (non-hydrogen) atoms. The second kappa shape index (κ2) is 5.61. The Morgan fingerprint density at radius 2 is 1.74 bits per heavy atom. The quantitative estimate of drug-likeness (QED) is 0.790. The first-order valence-corrected chi connectivity index (χ1v) is 6.54. The van der Waals surface area contributed by atoms with Crippen LogP contribution in [0.5, 0.6) is 0 Å². The fraction of sp³-hybridized carbons (Fsp3) is 0.267. The Labute approximate surface area is 112 Å². The molecule has 0 N–H and O–H groups in total. The molecule has 0 atom stereocenters. The topological polar surface area (TPSA) is 32.0 Å². The number of nitrogens with zero attached hydrogens (tertiary/aromatic N) is 3. The largest absolute Gasteiger partial charge is 0.463 e. The summed E-state index contributed by atoms with van der Waals surface area (Å²) >= 11 is 0. The van der Waals surface area contributed by atoms with E-state index in [1.807, 2.05) is 18.2 Å². The summed E-state index contributed by atoms with van der Waals surface area (Å²) < 4.78 is 5.23. The molecule has 98 valence electrons. The lowest BCUT2D eigenvalue weighted by molar-refractivity contribution is 0.271. The highest BCUT2D eigenvalue weighted by Gasteiger charge is 2.15. The maximum Gasteiger partial charge on any atom is 0.146 e. The van der Waals surface area contributed by atoms with Gasteiger partial charge >= 0.3 is 0 Å². The molecule has 0 radical (unpaired) electrons. The summed E-state index contributed by atoms with van der Waals surface area (Å²) in [6, 6.07) is 14.3. The summed E-state index contributed by atoms with van der Waals surface area (Å²) in [4.78, 5) is 2.39. The third-order valence-corrected chi connectivity index (χ3v) is 3.27. The maximum atomic E-state index is 5.23. The molecule has 1 aliphatic heterocycles. The van der Waals surface area contributed by atoms with Crippen molar-refractivity contribution in [3.8, 4) is 0 Å². The predicted octanol–water partition coefficient (Wildman–Crippen LogP) is 2.44. The van der Waals surface area contributed by atoms with E-state index in [1.165, 1.54) is 5.69 Å². The summed E-state index contributed by atoms with van der Waals surface area (Å²) in [7, 11) is 0. The van der Waals surface area contributed by atoms with Crippen molar-refractivity contribution in [2.24, 2.45) is 5.10 Å². The smallest absolute Gasteiger partial charge is 0.146 e. The normalized spacial score (nSPS) is 16.2. The van der Waals surface area contributed by atoms with Crippen LogP contribution in [0, 0.1) is 0 Å². The number of para-hydroxylation sites is 1. The average Bonchev–Trinajstić information content (AvgIpc) is 3.00. The minimum atomic E-state index is 0.797. The molecule has 4 heteroatoms. The molecule has 2 aromatic rings. The van der Waals surface area contributed by atoms with Crippen molar-refractivity contribution in [2.45, 2.75) is 0 Å². The van der Waals surface area contributed by atoms with Gasteiger partial charge < -0.3 is 9.32 Å². The van der Waals surface area contributed by atoms with Crippen LogP contribution < -0.4 is 4.90 Å². The summed E-state index contributed by atoms with van der Waals surface area (Å²) in [5.74, 6) is 0.797. The minimum Gasteiger partial charge on any atom is -0.463 e. The van der Waals surface area contributed by atoms with Crippen LogP contribution >= 0.6 is 0 Å². The number of rotatable bonds is 3. The molecular formula is C15H17N3O. The fourth-order valence-corrected chi connectivity index (χ4v) is 2.21. The standard InChI is InChI=1S/C15H17N3O/c1-2-5-14(6-3-1)17-8-10-18(11-9-17)16-13-15-7-4-12-19-15/h1-7,12-13H,8-11H2. The lowest BCUT2D eigenvalue weighted by atomic mass is 10.2. The van der Waals surface area contributed by atoms with Gasteiger partial charge in [-0.05, 0) is 24.3 Å². The van der Waals surface area contributed by atoms with Gasteiger partial charge in [-0.3, -0.25) is 5.01 Å². The lowest BCUT2D eigenvalue weighted by Gasteiger charge is -2.34. The van der Waals surface area contributed by atoms with Crippen LogP contribution in [0.3, 0.4) is 0 Å². The highest BCUT2D eigenvalue weighted by atomic mass is 16.3. The second-order valence-electron chi connectivity index (χ2n) is 4.54. The maximum absolute atomic E-state index is 5.23. The molecule has 0 unspecified atom stereocenters. The highest BCUT2D eigenvalue weighted by molar-refractivity contribution is 5.75. The van der Waals surface area contributed by atoms with E-state index in [0.29, 0.717) is 0 Å². The number of hydrogen-bond donors (Lipinski definition) is 0. The Hall–Kier alpha value is -2.23. The van der Waals surface area contributed by atoms with Gasteiger partial charge in [-0.2, -0.15) is 5.10 Å². The van der Waals surface area contributed by atoms with Crippen molar-refractivity contribution in [1.82, 2.24) is 5.01 Å². The van der Waals surface area contributed by atoms with Gasteiger partial charge in [-0.25, -0.2) is 0 Å². The van der Waals surface area contributed by atoms with Crippen molar-refractivity contribution >= 4 is 11.9 Å². The third kappa shape index (κ3) is 2.96. The second-order valence-corrected chi connectivity index (χ2v) is 4.54. The highest BCUT2D eigenvalue weighted by Crippen LogP contribution is 2.15. The zero-order chi connectivity index (χ0) is 12.9. The molecule has 2 heterocycles. The monoisotopic (exact) mass is 255 g/mol. The Morgan fingerprint density at radius 1 is 0.947 bits per heavy atom. The molecule has 1 fully saturated rings. The molecule has 4 nitrogen and oxygen atoms in total. The van der Waals surface area contributed by atoms with Crippen LogP contribution in [0.15, 0.2) is 58.2 Å². The Bertz CT molecular complexity index is 514. The Kier molecular flexibility index (Phi) is 3.49. The van der Waals surface area contributed by atoms with E-state index in [-0.39, 0.29) is 0 Å². The van der Waals surface area contributed by atoms with Gasteiger partial charge in [-0.1, -0.05) is 18.2 Å². The van der Waals surface area contributed by atoms with Crippen molar-refractivity contribution in [1.29, 1.82) is 0 Å². The zero-order valence-electron chi connectivity index (χ0n) is 10.8.